The molecule has 5 nitrogen and oxygen atoms in total. The first-order chi connectivity index (χ1) is 5.74. The summed E-state index contributed by atoms with van der Waals surface area (Å²) in [6, 6.07) is 6.15. The van der Waals surface area contributed by atoms with Gasteiger partial charge in [0.1, 0.15) is 0 Å². The Kier molecular flexibility index (Phi) is 2.30. The first-order valence-electron chi connectivity index (χ1n) is 3.19. The highest BCUT2D eigenvalue weighted by Gasteiger charge is 2.00. The van der Waals surface area contributed by atoms with Crippen molar-refractivity contribution in [2.45, 2.75) is 0 Å². The average Bonchev–Trinajstić information content (AvgIpc) is 2.06. The number of azide groups is 1. The minimum absolute atomic E-state index is 0.335. The second kappa shape index (κ2) is 3.41. The maximum Gasteiger partial charge on any atom is 0.249 e. The van der Waals surface area contributed by atoms with Crippen molar-refractivity contribution in [3.63, 3.8) is 0 Å². The van der Waals surface area contributed by atoms with Gasteiger partial charge in [-0.15, -0.1) is 0 Å². The minimum Gasteiger partial charge on any atom is -0.399 e. The van der Waals surface area contributed by atoms with Crippen molar-refractivity contribution < 1.29 is 4.79 Å². The molecule has 60 valence electrons. The molecule has 0 radical (unpaired) electrons. The molecule has 1 aromatic rings. The van der Waals surface area contributed by atoms with E-state index < -0.39 is 5.91 Å². The molecule has 0 aliphatic heterocycles. The molecule has 0 spiro atoms. The summed E-state index contributed by atoms with van der Waals surface area (Å²) < 4.78 is 0. The van der Waals surface area contributed by atoms with Crippen LogP contribution in [0.5, 0.6) is 0 Å². The van der Waals surface area contributed by atoms with Crippen LogP contribution < -0.4 is 5.73 Å². The predicted octanol–water partition coefficient (Wildman–Crippen LogP) is 1.72. The van der Waals surface area contributed by atoms with Crippen LogP contribution in [0.15, 0.2) is 29.4 Å². The van der Waals surface area contributed by atoms with Crippen LogP contribution in [0.25, 0.3) is 10.4 Å². The number of nitrogens with zero attached hydrogens (tertiary/aromatic N) is 3. The third kappa shape index (κ3) is 1.74. The number of rotatable bonds is 1. The van der Waals surface area contributed by atoms with Gasteiger partial charge in [-0.3, -0.25) is 4.79 Å². The Morgan fingerprint density at radius 3 is 2.50 bits per heavy atom. The molecule has 0 unspecified atom stereocenters. The Bertz CT molecular complexity index is 337. The highest BCUT2D eigenvalue weighted by molar-refractivity contribution is 5.95. The summed E-state index contributed by atoms with van der Waals surface area (Å²) in [6.45, 7) is 0. The molecule has 0 heterocycles. The van der Waals surface area contributed by atoms with Crippen LogP contribution >= 0.6 is 0 Å². The fraction of sp³-hybridized carbons (Fsp3) is 0. The second-order valence-electron chi connectivity index (χ2n) is 2.12. The monoisotopic (exact) mass is 162 g/mol. The Balaban J connectivity index is 2.97. The van der Waals surface area contributed by atoms with E-state index in [1.165, 1.54) is 12.1 Å². The molecule has 2 N–H and O–H groups in total. The molecule has 0 aromatic heterocycles. The van der Waals surface area contributed by atoms with Crippen molar-refractivity contribution in [1.82, 2.24) is 0 Å². The number of hydrogen-bond acceptors (Lipinski definition) is 2. The van der Waals surface area contributed by atoms with Crippen molar-refractivity contribution in [3.05, 3.63) is 40.3 Å². The van der Waals surface area contributed by atoms with E-state index in [0.29, 0.717) is 11.3 Å². The summed E-state index contributed by atoms with van der Waals surface area (Å²) in [7, 11) is 0. The second-order valence-corrected chi connectivity index (χ2v) is 2.12. The van der Waals surface area contributed by atoms with Gasteiger partial charge in [-0.2, -0.15) is 0 Å². The van der Waals surface area contributed by atoms with Gasteiger partial charge in [0.25, 0.3) is 0 Å². The van der Waals surface area contributed by atoms with Crippen LogP contribution in [-0.4, -0.2) is 5.91 Å². The molecule has 12 heavy (non-hydrogen) atoms. The predicted molar refractivity (Wildman–Crippen MR) is 44.3 cm³/mol. The topological polar surface area (TPSA) is 91.9 Å². The van der Waals surface area contributed by atoms with Gasteiger partial charge in [0.05, 0.1) is 0 Å². The Morgan fingerprint density at radius 1 is 1.42 bits per heavy atom. The summed E-state index contributed by atoms with van der Waals surface area (Å²) >= 11 is 0. The molecule has 0 aliphatic carbocycles. The van der Waals surface area contributed by atoms with E-state index >= 15 is 0 Å². The van der Waals surface area contributed by atoms with Gasteiger partial charge in [0.15, 0.2) is 0 Å². The Morgan fingerprint density at radius 2 is 2.00 bits per heavy atom. The zero-order valence-electron chi connectivity index (χ0n) is 6.14. The van der Waals surface area contributed by atoms with E-state index in [0.717, 1.165) is 0 Å². The summed E-state index contributed by atoms with van der Waals surface area (Å²) in [5.74, 6) is -0.600. The van der Waals surface area contributed by atoms with E-state index in [1.54, 1.807) is 12.1 Å². The summed E-state index contributed by atoms with van der Waals surface area (Å²) in [4.78, 5) is 13.3. The van der Waals surface area contributed by atoms with Gasteiger partial charge in [-0.25, -0.2) is 0 Å². The van der Waals surface area contributed by atoms with Crippen LogP contribution in [0.3, 0.4) is 0 Å². The van der Waals surface area contributed by atoms with E-state index in [9.17, 15) is 4.79 Å². The summed E-state index contributed by atoms with van der Waals surface area (Å²) in [6.07, 6.45) is 0. The smallest absolute Gasteiger partial charge is 0.249 e. The molecule has 0 aliphatic rings. The normalized spacial score (nSPS) is 8.67. The number of carbonyl (C=O) groups excluding carboxylic acids is 1. The van der Waals surface area contributed by atoms with E-state index in [-0.39, 0.29) is 0 Å². The standard InChI is InChI=1S/C7H6N4O/c8-6-3-1-5(2-4-6)7(12)10-11-9/h1-4H,8H2. The number of carbonyl (C=O) groups is 1. The van der Waals surface area contributed by atoms with Crippen molar-refractivity contribution in [1.29, 1.82) is 0 Å². The van der Waals surface area contributed by atoms with Crippen LogP contribution in [0.2, 0.25) is 0 Å². The third-order valence-electron chi connectivity index (χ3n) is 1.29. The van der Waals surface area contributed by atoms with Gasteiger partial charge in [0, 0.05) is 16.2 Å². The van der Waals surface area contributed by atoms with E-state index in [1.807, 2.05) is 0 Å². The average molecular weight is 162 g/mol. The van der Waals surface area contributed by atoms with Crippen molar-refractivity contribution in [3.8, 4) is 0 Å². The first-order valence-corrected chi connectivity index (χ1v) is 3.19. The molecule has 0 bridgehead atoms. The zero-order valence-corrected chi connectivity index (χ0v) is 6.14. The quantitative estimate of drug-likeness (QED) is 0.294. The van der Waals surface area contributed by atoms with Crippen molar-refractivity contribution in [2.24, 2.45) is 5.11 Å². The van der Waals surface area contributed by atoms with Crippen molar-refractivity contribution in [2.75, 3.05) is 5.73 Å². The third-order valence-corrected chi connectivity index (χ3v) is 1.29. The fourth-order valence-corrected chi connectivity index (χ4v) is 0.724. The molecule has 5 heteroatoms. The zero-order chi connectivity index (χ0) is 8.97. The molecular weight excluding hydrogens is 156 g/mol. The summed E-state index contributed by atoms with van der Waals surface area (Å²) in [5.41, 5.74) is 14.2. The summed E-state index contributed by atoms with van der Waals surface area (Å²) in [5, 5.41) is 2.93. The molecule has 1 amide bonds. The lowest BCUT2D eigenvalue weighted by molar-refractivity contribution is 0.100. The number of nitrogens with two attached hydrogens (primary N) is 1. The highest BCUT2D eigenvalue weighted by Crippen LogP contribution is 2.06. The van der Waals surface area contributed by atoms with Gasteiger partial charge in [-0.1, -0.05) is 0 Å². The van der Waals surface area contributed by atoms with Crippen LogP contribution in [0, 0.1) is 0 Å². The lowest BCUT2D eigenvalue weighted by atomic mass is 10.2. The number of hydrogen-bond donors (Lipinski definition) is 1. The van der Waals surface area contributed by atoms with Crippen LogP contribution in [0.1, 0.15) is 10.4 Å². The first kappa shape index (κ1) is 8.10. The molecular formula is C7H6N4O. The Hall–Kier alpha value is -2.00. The number of amides is 1. The highest BCUT2D eigenvalue weighted by atomic mass is 16.1. The van der Waals surface area contributed by atoms with Crippen LogP contribution in [0.4, 0.5) is 5.69 Å². The SMILES string of the molecule is [N-]=[N+]=NC(=O)c1ccc(N)cc1. The molecule has 0 saturated heterocycles. The minimum atomic E-state index is -0.600. The molecule has 0 fully saturated rings. The largest absolute Gasteiger partial charge is 0.399 e. The lowest BCUT2D eigenvalue weighted by Crippen LogP contribution is -1.93. The van der Waals surface area contributed by atoms with Gasteiger partial charge in [-0.05, 0) is 34.9 Å². The van der Waals surface area contributed by atoms with Gasteiger partial charge in [0.2, 0.25) is 5.91 Å². The number of nitrogen functional groups attached to an aromatic ring is 1. The lowest BCUT2D eigenvalue weighted by Gasteiger charge is -1.94. The van der Waals surface area contributed by atoms with Gasteiger partial charge < -0.3 is 5.73 Å². The fourth-order valence-electron chi connectivity index (χ4n) is 0.724. The number of anilines is 1. The molecule has 1 aromatic carbocycles. The molecule has 0 saturated carbocycles. The van der Waals surface area contributed by atoms with Crippen LogP contribution in [-0.2, 0) is 0 Å². The van der Waals surface area contributed by atoms with Crippen molar-refractivity contribution >= 4 is 11.6 Å². The maximum absolute atomic E-state index is 10.9. The Labute approximate surface area is 68.4 Å². The molecule has 0 atom stereocenters. The van der Waals surface area contributed by atoms with E-state index in [4.69, 9.17) is 11.3 Å². The van der Waals surface area contributed by atoms with Gasteiger partial charge >= 0.3 is 0 Å². The van der Waals surface area contributed by atoms with E-state index in [2.05, 4.69) is 10.0 Å². The molecule has 1 rings (SSSR count). The maximum atomic E-state index is 10.9. The number of benzene rings is 1.